The number of nitrogens with two attached hydrogens (primary N) is 1. The number of amides is 9. The minimum Gasteiger partial charge on any atom is -0.395 e. The van der Waals surface area contributed by atoms with E-state index in [1.807, 2.05) is 0 Å². The van der Waals surface area contributed by atoms with Crippen LogP contribution in [0, 0.1) is 0 Å². The molecule has 0 unspecified atom stereocenters. The highest BCUT2D eigenvalue weighted by atomic mass is 32.2. The van der Waals surface area contributed by atoms with Crippen LogP contribution in [-0.2, 0) is 43.2 Å². The Morgan fingerprint density at radius 2 is 1.55 bits per heavy atom. The second kappa shape index (κ2) is 24.3. The van der Waals surface area contributed by atoms with Gasteiger partial charge in [-0.25, -0.2) is 0 Å². The molecule has 0 saturated carbocycles. The van der Waals surface area contributed by atoms with Gasteiger partial charge in [0.05, 0.1) is 12.6 Å². The SMILES string of the molecule is CSCC[C@@H]1NC(=O)[C@@H]2CCCN2C(=O)[C@@H](NC(=O)c2ccccc2)CNC(=O)[C@@H](CCC(N)=O)NC(=O)/C(=C/c2c[nH]c3ccccc23)NC(=O)[C@@H](CCC(=O)NCCO)NC(=O)C1=O. The molecule has 0 radical (unpaired) electrons. The molecule has 22 heteroatoms. The lowest BCUT2D eigenvalue weighted by Gasteiger charge is -2.30. The molecule has 0 spiro atoms. The number of benzene rings is 2. The van der Waals surface area contributed by atoms with Crippen molar-refractivity contribution in [3.63, 3.8) is 0 Å². The summed E-state index contributed by atoms with van der Waals surface area (Å²) >= 11 is 1.33. The Morgan fingerprint density at radius 3 is 2.27 bits per heavy atom. The number of nitrogens with zero attached hydrogens (tertiary/aromatic N) is 1. The van der Waals surface area contributed by atoms with Gasteiger partial charge in [0, 0.05) is 60.7 Å². The fraction of sp³-hybridized carbons (Fsp3) is 0.409. The molecule has 1 aromatic heterocycles. The molecule has 9 amide bonds. The van der Waals surface area contributed by atoms with Crippen molar-refractivity contribution in [2.45, 2.75) is 75.2 Å². The van der Waals surface area contributed by atoms with Gasteiger partial charge < -0.3 is 57.9 Å². The maximum atomic E-state index is 14.4. The molecule has 0 aliphatic carbocycles. The highest BCUT2D eigenvalue weighted by Crippen LogP contribution is 2.22. The Kier molecular flexibility index (Phi) is 18.4. The summed E-state index contributed by atoms with van der Waals surface area (Å²) in [7, 11) is 0. The minimum absolute atomic E-state index is 0.0311. The molecule has 3 aromatic rings. The van der Waals surface area contributed by atoms with E-state index in [2.05, 4.69) is 42.2 Å². The lowest BCUT2D eigenvalue weighted by molar-refractivity contribution is -0.143. The Labute approximate surface area is 383 Å². The van der Waals surface area contributed by atoms with Crippen molar-refractivity contribution in [3.05, 3.63) is 77.6 Å². The number of para-hydroxylation sites is 1. The molecule has 66 heavy (non-hydrogen) atoms. The molecular formula is C44H54N10O11S. The average Bonchev–Trinajstić information content (AvgIpc) is 3.98. The van der Waals surface area contributed by atoms with E-state index in [-0.39, 0.29) is 50.9 Å². The first-order chi connectivity index (χ1) is 31.7. The van der Waals surface area contributed by atoms with Gasteiger partial charge in [0.25, 0.3) is 17.7 Å². The molecule has 352 valence electrons. The molecule has 21 nitrogen and oxygen atoms in total. The van der Waals surface area contributed by atoms with E-state index in [4.69, 9.17) is 5.73 Å². The van der Waals surface area contributed by atoms with Crippen LogP contribution in [0.3, 0.4) is 0 Å². The second-order valence-corrected chi connectivity index (χ2v) is 16.5. The predicted molar refractivity (Wildman–Crippen MR) is 241 cm³/mol. The average molecular weight is 931 g/mol. The molecular weight excluding hydrogens is 877 g/mol. The maximum absolute atomic E-state index is 14.4. The number of nitrogens with one attached hydrogen (secondary N) is 8. The summed E-state index contributed by atoms with van der Waals surface area (Å²) in [6, 6.07) is 7.65. The van der Waals surface area contributed by atoms with Crippen LogP contribution in [0.5, 0.6) is 0 Å². The van der Waals surface area contributed by atoms with Crippen molar-refractivity contribution < 1.29 is 53.1 Å². The number of rotatable bonds is 14. The number of aliphatic hydroxyl groups excluding tert-OH is 1. The third kappa shape index (κ3) is 13.7. The number of carbonyl (C=O) groups is 10. The third-order valence-electron chi connectivity index (χ3n) is 10.9. The fourth-order valence-electron chi connectivity index (χ4n) is 7.39. The second-order valence-electron chi connectivity index (χ2n) is 15.5. The van der Waals surface area contributed by atoms with Crippen molar-refractivity contribution in [2.75, 3.05) is 38.2 Å². The van der Waals surface area contributed by atoms with Crippen LogP contribution in [-0.4, -0.2) is 142 Å². The highest BCUT2D eigenvalue weighted by molar-refractivity contribution is 7.98. The Hall–Kier alpha value is -7.07. The van der Waals surface area contributed by atoms with E-state index < -0.39 is 114 Å². The predicted octanol–water partition coefficient (Wildman–Crippen LogP) is -1.52. The van der Waals surface area contributed by atoms with Crippen LogP contribution in [0.1, 0.15) is 60.9 Å². The first-order valence-electron chi connectivity index (χ1n) is 21.3. The van der Waals surface area contributed by atoms with Crippen molar-refractivity contribution >= 4 is 87.7 Å². The fourth-order valence-corrected chi connectivity index (χ4v) is 7.86. The molecule has 5 atom stereocenters. The van der Waals surface area contributed by atoms with E-state index in [1.165, 1.54) is 34.9 Å². The number of aromatic amines is 1. The zero-order valence-electron chi connectivity index (χ0n) is 36.2. The van der Waals surface area contributed by atoms with Crippen LogP contribution >= 0.6 is 11.8 Å². The first kappa shape index (κ1) is 49.9. The number of fused-ring (bicyclic) bond motifs is 2. The number of H-pyrrole nitrogens is 1. The number of hydrogen-bond donors (Lipinski definition) is 10. The largest absolute Gasteiger partial charge is 0.395 e. The van der Waals surface area contributed by atoms with E-state index in [1.54, 1.807) is 54.9 Å². The number of aliphatic hydroxyl groups is 1. The number of Topliss-reactive ketones (excluding diaryl/α,β-unsaturated/α-hetero) is 1. The van der Waals surface area contributed by atoms with Crippen molar-refractivity contribution in [2.24, 2.45) is 5.73 Å². The van der Waals surface area contributed by atoms with Gasteiger partial charge in [-0.3, -0.25) is 47.9 Å². The molecule has 2 saturated heterocycles. The quantitative estimate of drug-likeness (QED) is 0.0651. The Balaban J connectivity index is 1.58. The lowest BCUT2D eigenvalue weighted by Crippen LogP contribution is -2.60. The van der Waals surface area contributed by atoms with Crippen LogP contribution in [0.2, 0.25) is 0 Å². The Bertz CT molecular complexity index is 2340. The van der Waals surface area contributed by atoms with Crippen molar-refractivity contribution in [3.8, 4) is 0 Å². The third-order valence-corrected chi connectivity index (χ3v) is 11.5. The normalized spacial score (nSPS) is 22.1. The molecule has 2 fully saturated rings. The number of hydrogen-bond acceptors (Lipinski definition) is 12. The number of thioether (sulfide) groups is 1. The summed E-state index contributed by atoms with van der Waals surface area (Å²) in [5.41, 5.74) is 6.21. The number of aromatic nitrogens is 1. The topological polar surface area (TPSA) is 320 Å². The van der Waals surface area contributed by atoms with Gasteiger partial charge in [0.2, 0.25) is 41.2 Å². The molecule has 2 aliphatic heterocycles. The summed E-state index contributed by atoms with van der Waals surface area (Å²) in [5, 5.41) is 27.4. The molecule has 11 N–H and O–H groups in total. The van der Waals surface area contributed by atoms with Crippen LogP contribution in [0.4, 0.5) is 0 Å². The van der Waals surface area contributed by atoms with Crippen molar-refractivity contribution in [1.82, 2.24) is 47.1 Å². The van der Waals surface area contributed by atoms with Gasteiger partial charge in [-0.1, -0.05) is 36.4 Å². The number of carbonyl (C=O) groups excluding carboxylic acids is 10. The van der Waals surface area contributed by atoms with Gasteiger partial charge in [0.15, 0.2) is 0 Å². The number of ketones is 1. The lowest BCUT2D eigenvalue weighted by atomic mass is 10.0. The monoisotopic (exact) mass is 930 g/mol. The highest BCUT2D eigenvalue weighted by Gasteiger charge is 2.40. The van der Waals surface area contributed by atoms with E-state index in [9.17, 15) is 53.1 Å². The summed E-state index contributed by atoms with van der Waals surface area (Å²) in [5.74, 6) is -8.79. The number of primary amides is 1. The molecule has 5 rings (SSSR count). The van der Waals surface area contributed by atoms with E-state index in [0.717, 1.165) is 0 Å². The van der Waals surface area contributed by atoms with E-state index >= 15 is 0 Å². The first-order valence-corrected chi connectivity index (χ1v) is 22.7. The van der Waals surface area contributed by atoms with Crippen molar-refractivity contribution in [1.29, 1.82) is 0 Å². The maximum Gasteiger partial charge on any atom is 0.290 e. The Morgan fingerprint density at radius 1 is 0.848 bits per heavy atom. The van der Waals surface area contributed by atoms with E-state index in [0.29, 0.717) is 28.6 Å². The van der Waals surface area contributed by atoms with Gasteiger partial charge in [-0.2, -0.15) is 11.8 Å². The zero-order valence-corrected chi connectivity index (χ0v) is 37.0. The molecule has 0 bridgehead atoms. The van der Waals surface area contributed by atoms with Crippen LogP contribution in [0.15, 0.2) is 66.5 Å². The molecule has 2 aliphatic rings. The van der Waals surface area contributed by atoms with Gasteiger partial charge in [0.1, 0.15) is 29.9 Å². The van der Waals surface area contributed by atoms with Gasteiger partial charge >= 0.3 is 0 Å². The summed E-state index contributed by atoms with van der Waals surface area (Å²) < 4.78 is 0. The zero-order chi connectivity index (χ0) is 47.8. The standard InChI is InChI=1S/C44H54N10O11S/c1-66-21-17-29-37(58)43(64)51-31(14-16-36(57)46-18-20-55)40(61)52-32(22-26-23-47-28-11-6-5-10-27(26)28)41(62)50-30(13-15-35(45)56)39(60)48-24-33(53-38(59)25-8-3-2-4-9-25)44(65)54-19-7-12-34(54)42(63)49-29/h2-6,8-11,22-23,29-31,33-34,47,55H,7,12-21,24H2,1H3,(H2,45,56)(H,46,57)(H,48,60)(H,49,63)(H,50,62)(H,51,64)(H,52,61)(H,53,59)/b32-22-/t29-,30+,31+,33-,34-/m0/s1. The van der Waals surface area contributed by atoms with Crippen LogP contribution < -0.4 is 43.0 Å². The summed E-state index contributed by atoms with van der Waals surface area (Å²) in [6.45, 7) is -0.982. The minimum atomic E-state index is -1.65. The summed E-state index contributed by atoms with van der Waals surface area (Å²) in [6.07, 6.45) is 3.49. The van der Waals surface area contributed by atoms with Crippen LogP contribution in [0.25, 0.3) is 17.0 Å². The van der Waals surface area contributed by atoms with Gasteiger partial charge in [-0.05, 0) is 68.4 Å². The molecule has 2 aromatic carbocycles. The summed E-state index contributed by atoms with van der Waals surface area (Å²) in [4.78, 5) is 141. The molecule has 3 heterocycles. The van der Waals surface area contributed by atoms with Gasteiger partial charge in [-0.15, -0.1) is 0 Å². The smallest absolute Gasteiger partial charge is 0.290 e.